The number of methoxy groups -OCH3 is 1. The van der Waals surface area contributed by atoms with Gasteiger partial charge in [-0.15, -0.1) is 6.58 Å². The first kappa shape index (κ1) is 15.2. The normalized spacial score (nSPS) is 11.7. The van der Waals surface area contributed by atoms with Gasteiger partial charge in [0.2, 0.25) is 0 Å². The predicted molar refractivity (Wildman–Crippen MR) is 68.4 cm³/mol. The molecule has 4 nitrogen and oxygen atoms in total. The quantitative estimate of drug-likeness (QED) is 0.563. The third-order valence-corrected chi connectivity index (χ3v) is 2.39. The van der Waals surface area contributed by atoms with E-state index in [4.69, 9.17) is 14.2 Å². The molecule has 0 aromatic heterocycles. The van der Waals surface area contributed by atoms with Crippen LogP contribution in [-0.4, -0.2) is 25.8 Å². The molecule has 1 rings (SSSR count). The van der Waals surface area contributed by atoms with Gasteiger partial charge in [0.15, 0.2) is 17.7 Å². The summed E-state index contributed by atoms with van der Waals surface area (Å²) < 4.78 is 28.3. The predicted octanol–water partition coefficient (Wildman–Crippen LogP) is 2.47. The number of carbonyl (C=O) groups is 1. The van der Waals surface area contributed by atoms with Gasteiger partial charge in [-0.05, 0) is 24.6 Å². The number of carbonyl (C=O) groups excluding carboxylic acids is 1. The Hall–Kier alpha value is -1.88. The lowest BCUT2D eigenvalue weighted by molar-refractivity contribution is -0.156. The van der Waals surface area contributed by atoms with Crippen molar-refractivity contribution in [1.82, 2.24) is 0 Å². The number of esters is 1. The van der Waals surface area contributed by atoms with E-state index in [9.17, 15) is 9.18 Å². The van der Waals surface area contributed by atoms with Crippen LogP contribution in [0.25, 0.3) is 0 Å². The maximum atomic E-state index is 13.4. The molecule has 0 aliphatic carbocycles. The molecule has 0 fully saturated rings. The number of rotatable bonds is 7. The topological polar surface area (TPSA) is 44.8 Å². The summed E-state index contributed by atoms with van der Waals surface area (Å²) in [5, 5.41) is 0. The Labute approximate surface area is 111 Å². The maximum absolute atomic E-state index is 13.4. The van der Waals surface area contributed by atoms with Crippen LogP contribution in [0.2, 0.25) is 0 Å². The highest BCUT2D eigenvalue weighted by atomic mass is 19.1. The Morgan fingerprint density at radius 3 is 2.84 bits per heavy atom. The molecule has 0 heterocycles. The maximum Gasteiger partial charge on any atom is 0.335 e. The molecule has 0 saturated heterocycles. The molecule has 5 heteroatoms. The molecule has 0 aliphatic rings. The van der Waals surface area contributed by atoms with E-state index in [1.807, 2.05) is 0 Å². The fourth-order valence-electron chi connectivity index (χ4n) is 1.35. The zero-order valence-corrected chi connectivity index (χ0v) is 11.0. The van der Waals surface area contributed by atoms with E-state index >= 15 is 0 Å². The average Bonchev–Trinajstić information content (AvgIpc) is 2.42. The molecule has 1 aromatic rings. The molecular weight excluding hydrogens is 251 g/mol. The monoisotopic (exact) mass is 268 g/mol. The lowest BCUT2D eigenvalue weighted by Crippen LogP contribution is -2.23. The largest absolute Gasteiger partial charge is 0.494 e. The van der Waals surface area contributed by atoms with E-state index in [0.717, 1.165) is 0 Å². The lowest BCUT2D eigenvalue weighted by Gasteiger charge is -2.11. The van der Waals surface area contributed by atoms with E-state index in [1.165, 1.54) is 19.2 Å². The zero-order chi connectivity index (χ0) is 14.3. The van der Waals surface area contributed by atoms with E-state index in [-0.39, 0.29) is 19.0 Å². The molecule has 0 spiro atoms. The molecule has 0 saturated carbocycles. The Kier molecular flexibility index (Phi) is 6.02. The van der Waals surface area contributed by atoms with Gasteiger partial charge in [-0.3, -0.25) is 0 Å². The van der Waals surface area contributed by atoms with Crippen molar-refractivity contribution in [3.8, 4) is 5.75 Å². The number of ether oxygens (including phenoxy) is 3. The number of benzene rings is 1. The van der Waals surface area contributed by atoms with Gasteiger partial charge in [-0.25, -0.2) is 9.18 Å². The van der Waals surface area contributed by atoms with Crippen molar-refractivity contribution >= 4 is 5.97 Å². The van der Waals surface area contributed by atoms with E-state index < -0.39 is 17.9 Å². The summed E-state index contributed by atoms with van der Waals surface area (Å²) in [5.41, 5.74) is 0.544. The summed E-state index contributed by atoms with van der Waals surface area (Å²) in [6.45, 7) is 5.32. The minimum Gasteiger partial charge on any atom is -0.494 e. The van der Waals surface area contributed by atoms with Gasteiger partial charge in [-0.1, -0.05) is 12.1 Å². The van der Waals surface area contributed by atoms with Gasteiger partial charge in [0, 0.05) is 0 Å². The molecule has 0 N–H and O–H groups in total. The first-order valence-corrected chi connectivity index (χ1v) is 5.80. The SMILES string of the molecule is C=CCOC(C)C(=O)OCc1ccc(OC)c(F)c1. The molecule has 1 atom stereocenters. The highest BCUT2D eigenvalue weighted by Gasteiger charge is 2.14. The van der Waals surface area contributed by atoms with E-state index in [1.54, 1.807) is 19.1 Å². The van der Waals surface area contributed by atoms with Crippen LogP contribution in [0.5, 0.6) is 5.75 Å². The van der Waals surface area contributed by atoms with Crippen molar-refractivity contribution in [2.24, 2.45) is 0 Å². The second-order valence-corrected chi connectivity index (χ2v) is 3.84. The summed E-state index contributed by atoms with van der Waals surface area (Å²) in [7, 11) is 1.39. The second-order valence-electron chi connectivity index (χ2n) is 3.84. The Morgan fingerprint density at radius 2 is 2.26 bits per heavy atom. The zero-order valence-electron chi connectivity index (χ0n) is 11.0. The fraction of sp³-hybridized carbons (Fsp3) is 0.357. The van der Waals surface area contributed by atoms with Crippen LogP contribution >= 0.6 is 0 Å². The molecule has 19 heavy (non-hydrogen) atoms. The summed E-state index contributed by atoms with van der Waals surface area (Å²) in [5.74, 6) is -0.845. The van der Waals surface area contributed by atoms with Crippen molar-refractivity contribution in [2.45, 2.75) is 19.6 Å². The first-order chi connectivity index (χ1) is 9.08. The van der Waals surface area contributed by atoms with Crippen LogP contribution in [0, 0.1) is 5.82 Å². The van der Waals surface area contributed by atoms with Crippen LogP contribution < -0.4 is 4.74 Å². The van der Waals surface area contributed by atoms with Crippen molar-refractivity contribution in [3.63, 3.8) is 0 Å². The number of hydrogen-bond donors (Lipinski definition) is 0. The molecule has 0 aliphatic heterocycles. The lowest BCUT2D eigenvalue weighted by atomic mass is 10.2. The Morgan fingerprint density at radius 1 is 1.53 bits per heavy atom. The smallest absolute Gasteiger partial charge is 0.335 e. The van der Waals surface area contributed by atoms with Gasteiger partial charge in [0.1, 0.15) is 6.61 Å². The van der Waals surface area contributed by atoms with Crippen LogP contribution in [0.3, 0.4) is 0 Å². The van der Waals surface area contributed by atoms with Gasteiger partial charge in [-0.2, -0.15) is 0 Å². The average molecular weight is 268 g/mol. The van der Waals surface area contributed by atoms with Crippen LogP contribution in [0.4, 0.5) is 4.39 Å². The molecule has 1 unspecified atom stereocenters. The summed E-state index contributed by atoms with van der Waals surface area (Å²) in [6, 6.07) is 4.38. The molecule has 0 amide bonds. The second kappa shape index (κ2) is 7.53. The molecule has 1 aromatic carbocycles. The van der Waals surface area contributed by atoms with Gasteiger partial charge < -0.3 is 14.2 Å². The Bertz CT molecular complexity index is 445. The third-order valence-electron chi connectivity index (χ3n) is 2.39. The van der Waals surface area contributed by atoms with Gasteiger partial charge in [0.25, 0.3) is 0 Å². The molecule has 0 bridgehead atoms. The van der Waals surface area contributed by atoms with Gasteiger partial charge in [0.05, 0.1) is 13.7 Å². The molecule has 0 radical (unpaired) electrons. The van der Waals surface area contributed by atoms with Gasteiger partial charge >= 0.3 is 5.97 Å². The van der Waals surface area contributed by atoms with Crippen molar-refractivity contribution in [3.05, 3.63) is 42.2 Å². The van der Waals surface area contributed by atoms with Crippen molar-refractivity contribution < 1.29 is 23.4 Å². The summed E-state index contributed by atoms with van der Waals surface area (Å²) in [6.07, 6.45) is 0.865. The van der Waals surface area contributed by atoms with E-state index in [2.05, 4.69) is 6.58 Å². The molecule has 104 valence electrons. The minimum absolute atomic E-state index is 0.0124. The molecular formula is C14H17FO4. The number of hydrogen-bond acceptors (Lipinski definition) is 4. The van der Waals surface area contributed by atoms with Crippen LogP contribution in [-0.2, 0) is 20.9 Å². The van der Waals surface area contributed by atoms with Crippen molar-refractivity contribution in [1.29, 1.82) is 0 Å². The third kappa shape index (κ3) is 4.71. The first-order valence-electron chi connectivity index (χ1n) is 5.80. The fourth-order valence-corrected chi connectivity index (χ4v) is 1.35. The standard InChI is InChI=1S/C14H17FO4/c1-4-7-18-10(2)14(16)19-9-11-5-6-13(17-3)12(15)8-11/h4-6,8,10H,1,7,9H2,2-3H3. The highest BCUT2D eigenvalue weighted by Crippen LogP contribution is 2.18. The van der Waals surface area contributed by atoms with E-state index in [0.29, 0.717) is 5.56 Å². The summed E-state index contributed by atoms with van der Waals surface area (Å²) in [4.78, 5) is 11.5. The van der Waals surface area contributed by atoms with Crippen LogP contribution in [0.1, 0.15) is 12.5 Å². The summed E-state index contributed by atoms with van der Waals surface area (Å²) >= 11 is 0. The van der Waals surface area contributed by atoms with Crippen LogP contribution in [0.15, 0.2) is 30.9 Å². The number of halogens is 1. The Balaban J connectivity index is 2.50. The minimum atomic E-state index is -0.680. The van der Waals surface area contributed by atoms with Crippen molar-refractivity contribution in [2.75, 3.05) is 13.7 Å². The highest BCUT2D eigenvalue weighted by molar-refractivity contribution is 5.74.